The van der Waals surface area contributed by atoms with E-state index in [0.29, 0.717) is 17.9 Å². The Balaban J connectivity index is 1.71. The van der Waals surface area contributed by atoms with Crippen LogP contribution in [0.15, 0.2) is 64.8 Å². The van der Waals surface area contributed by atoms with Gasteiger partial charge in [0.2, 0.25) is 5.88 Å². The molecule has 1 aliphatic heterocycles. The minimum Gasteiger partial charge on any atom is -0.463 e. The van der Waals surface area contributed by atoms with Crippen molar-refractivity contribution in [2.75, 3.05) is 6.61 Å². The molecule has 8 heteroatoms. The zero-order valence-electron chi connectivity index (χ0n) is 16.6. The van der Waals surface area contributed by atoms with Crippen LogP contribution in [0.2, 0.25) is 0 Å². The molecule has 0 unspecified atom stereocenters. The van der Waals surface area contributed by atoms with E-state index in [1.54, 1.807) is 13.8 Å². The summed E-state index contributed by atoms with van der Waals surface area (Å²) in [7, 11) is 0. The standard InChI is InChI=1S/C22H20N4O3S/c1-3-28-22(27)19-13(2)29-21(24)15(9-23)20(19)18-8-14(11-30-18)10-26-12-25-16-6-4-5-7-17(16)26/h4-8,11-12,20H,3,10,24H2,1-2H3/t20-/m1/s1. The predicted molar refractivity (Wildman–Crippen MR) is 113 cm³/mol. The van der Waals surface area contributed by atoms with Crippen molar-refractivity contribution in [2.24, 2.45) is 5.73 Å². The number of fused-ring (bicyclic) bond motifs is 1. The van der Waals surface area contributed by atoms with E-state index in [0.717, 1.165) is 21.5 Å². The van der Waals surface area contributed by atoms with Gasteiger partial charge in [-0.15, -0.1) is 11.3 Å². The number of para-hydroxylation sites is 2. The number of imidazole rings is 1. The van der Waals surface area contributed by atoms with Gasteiger partial charge >= 0.3 is 5.97 Å². The summed E-state index contributed by atoms with van der Waals surface area (Å²) in [5.41, 5.74) is 9.50. The Kier molecular flexibility index (Phi) is 5.29. The third-order valence-corrected chi connectivity index (χ3v) is 5.99. The molecular weight excluding hydrogens is 400 g/mol. The van der Waals surface area contributed by atoms with Crippen molar-refractivity contribution in [1.29, 1.82) is 5.26 Å². The number of benzene rings is 1. The fourth-order valence-corrected chi connectivity index (χ4v) is 4.62. The molecule has 0 bridgehead atoms. The van der Waals surface area contributed by atoms with Crippen LogP contribution in [0, 0.1) is 11.3 Å². The average Bonchev–Trinajstić information content (AvgIpc) is 3.35. The number of thiophene rings is 1. The van der Waals surface area contributed by atoms with E-state index >= 15 is 0 Å². The van der Waals surface area contributed by atoms with Crippen LogP contribution >= 0.6 is 11.3 Å². The summed E-state index contributed by atoms with van der Waals surface area (Å²) in [6, 6.07) is 12.0. The van der Waals surface area contributed by atoms with Crippen LogP contribution in [0.25, 0.3) is 11.0 Å². The van der Waals surface area contributed by atoms with Crippen molar-refractivity contribution in [3.63, 3.8) is 0 Å². The monoisotopic (exact) mass is 420 g/mol. The molecular formula is C22H20N4O3S. The van der Waals surface area contributed by atoms with Crippen LogP contribution in [0.5, 0.6) is 0 Å². The third-order valence-electron chi connectivity index (χ3n) is 4.94. The van der Waals surface area contributed by atoms with Gasteiger partial charge in [-0.25, -0.2) is 9.78 Å². The van der Waals surface area contributed by atoms with E-state index in [1.807, 2.05) is 42.0 Å². The molecule has 3 heterocycles. The Morgan fingerprint density at radius 2 is 2.23 bits per heavy atom. The highest BCUT2D eigenvalue weighted by Crippen LogP contribution is 2.42. The van der Waals surface area contributed by atoms with Crippen molar-refractivity contribution in [1.82, 2.24) is 9.55 Å². The molecule has 3 aromatic rings. The van der Waals surface area contributed by atoms with Crippen molar-refractivity contribution in [3.05, 3.63) is 75.3 Å². The summed E-state index contributed by atoms with van der Waals surface area (Å²) in [4.78, 5) is 17.9. The van der Waals surface area contributed by atoms with E-state index in [9.17, 15) is 10.1 Å². The topological polar surface area (TPSA) is 103 Å². The molecule has 0 amide bonds. The number of esters is 1. The molecule has 0 fully saturated rings. The van der Waals surface area contributed by atoms with Gasteiger partial charge in [-0.1, -0.05) is 12.1 Å². The van der Waals surface area contributed by atoms with Gasteiger partial charge in [0.25, 0.3) is 0 Å². The highest BCUT2D eigenvalue weighted by atomic mass is 32.1. The van der Waals surface area contributed by atoms with Gasteiger partial charge < -0.3 is 19.8 Å². The first kappa shape index (κ1) is 19.7. The molecule has 0 saturated heterocycles. The maximum absolute atomic E-state index is 12.6. The summed E-state index contributed by atoms with van der Waals surface area (Å²) in [5, 5.41) is 11.7. The molecule has 4 rings (SSSR count). The number of nitriles is 1. The quantitative estimate of drug-likeness (QED) is 0.630. The van der Waals surface area contributed by atoms with E-state index in [4.69, 9.17) is 15.2 Å². The average molecular weight is 420 g/mol. The van der Waals surface area contributed by atoms with Crippen LogP contribution in [0.3, 0.4) is 0 Å². The number of hydrogen-bond donors (Lipinski definition) is 1. The maximum Gasteiger partial charge on any atom is 0.338 e. The molecule has 30 heavy (non-hydrogen) atoms. The lowest BCUT2D eigenvalue weighted by molar-refractivity contribution is -0.139. The lowest BCUT2D eigenvalue weighted by Crippen LogP contribution is -2.25. The number of rotatable bonds is 5. The SMILES string of the molecule is CCOC(=O)C1=C(C)OC(N)=C(C#N)[C@@H]1c1cc(Cn2cnc3ccccc32)cs1. The van der Waals surface area contributed by atoms with Crippen LogP contribution in [0.1, 0.15) is 30.2 Å². The minimum atomic E-state index is -0.610. The zero-order valence-corrected chi connectivity index (χ0v) is 17.4. The summed E-state index contributed by atoms with van der Waals surface area (Å²) in [5.74, 6) is -0.744. The van der Waals surface area contributed by atoms with Crippen LogP contribution in [-0.2, 0) is 20.8 Å². The fraction of sp³-hybridized carbons (Fsp3) is 0.227. The van der Waals surface area contributed by atoms with Gasteiger partial charge in [-0.2, -0.15) is 5.26 Å². The minimum absolute atomic E-state index is 0.0172. The number of carbonyl (C=O) groups excluding carboxylic acids is 1. The largest absolute Gasteiger partial charge is 0.463 e. The molecule has 2 aromatic heterocycles. The summed E-state index contributed by atoms with van der Waals surface area (Å²) in [6.07, 6.45) is 1.81. The number of carbonyl (C=O) groups is 1. The molecule has 2 N–H and O–H groups in total. The first-order valence-corrected chi connectivity index (χ1v) is 10.3. The van der Waals surface area contributed by atoms with E-state index in [2.05, 4.69) is 15.6 Å². The van der Waals surface area contributed by atoms with Gasteiger partial charge in [0.05, 0.1) is 35.5 Å². The summed E-state index contributed by atoms with van der Waals surface area (Å²) >= 11 is 1.47. The number of aromatic nitrogens is 2. The molecule has 0 aliphatic carbocycles. The Hall–Kier alpha value is -3.57. The molecule has 0 saturated carbocycles. The lowest BCUT2D eigenvalue weighted by atomic mass is 9.87. The summed E-state index contributed by atoms with van der Waals surface area (Å²) in [6.45, 7) is 4.25. The smallest absolute Gasteiger partial charge is 0.338 e. The molecule has 1 aromatic carbocycles. The molecule has 7 nitrogen and oxygen atoms in total. The molecule has 1 atom stereocenters. The highest BCUT2D eigenvalue weighted by molar-refractivity contribution is 7.10. The van der Waals surface area contributed by atoms with Crippen molar-refractivity contribution in [2.45, 2.75) is 26.3 Å². The van der Waals surface area contributed by atoms with Crippen LogP contribution < -0.4 is 5.73 Å². The first-order chi connectivity index (χ1) is 14.5. The van der Waals surface area contributed by atoms with Gasteiger partial charge in [0, 0.05) is 11.4 Å². The zero-order chi connectivity index (χ0) is 21.3. The molecule has 0 radical (unpaired) electrons. The predicted octanol–water partition coefficient (Wildman–Crippen LogP) is 3.79. The Morgan fingerprint density at radius 1 is 1.43 bits per heavy atom. The Labute approximate surface area is 177 Å². The van der Waals surface area contributed by atoms with E-state index < -0.39 is 11.9 Å². The Bertz CT molecular complexity index is 1230. The van der Waals surface area contributed by atoms with Gasteiger partial charge in [0.15, 0.2) is 0 Å². The number of allylic oxidation sites excluding steroid dienone is 2. The molecule has 1 aliphatic rings. The van der Waals surface area contributed by atoms with Crippen molar-refractivity contribution in [3.8, 4) is 6.07 Å². The summed E-state index contributed by atoms with van der Waals surface area (Å²) < 4.78 is 12.7. The molecule has 152 valence electrons. The third kappa shape index (κ3) is 3.44. The first-order valence-electron chi connectivity index (χ1n) is 9.46. The number of ether oxygens (including phenoxy) is 2. The second kappa shape index (κ2) is 8.05. The van der Waals surface area contributed by atoms with E-state index in [-0.39, 0.29) is 18.1 Å². The Morgan fingerprint density at radius 3 is 3.00 bits per heavy atom. The number of nitrogens with two attached hydrogens (primary N) is 1. The van der Waals surface area contributed by atoms with Gasteiger partial charge in [0.1, 0.15) is 17.4 Å². The second-order valence-corrected chi connectivity index (χ2v) is 7.78. The number of nitrogens with zero attached hydrogens (tertiary/aromatic N) is 3. The van der Waals surface area contributed by atoms with Gasteiger partial charge in [-0.05, 0) is 43.0 Å². The highest BCUT2D eigenvalue weighted by Gasteiger charge is 2.37. The maximum atomic E-state index is 12.6. The van der Waals surface area contributed by atoms with Crippen molar-refractivity contribution >= 4 is 28.3 Å². The number of hydrogen-bond acceptors (Lipinski definition) is 7. The second-order valence-electron chi connectivity index (χ2n) is 6.83. The molecule has 0 spiro atoms. The van der Waals surface area contributed by atoms with Crippen molar-refractivity contribution < 1.29 is 14.3 Å². The fourth-order valence-electron chi connectivity index (χ4n) is 3.60. The lowest BCUT2D eigenvalue weighted by Gasteiger charge is -2.25. The van der Waals surface area contributed by atoms with Gasteiger partial charge in [-0.3, -0.25) is 0 Å². The van der Waals surface area contributed by atoms with Crippen LogP contribution in [-0.4, -0.2) is 22.1 Å². The van der Waals surface area contributed by atoms with E-state index in [1.165, 1.54) is 11.3 Å². The van der Waals surface area contributed by atoms with Crippen LogP contribution in [0.4, 0.5) is 0 Å². The normalized spacial score (nSPS) is 16.5.